The normalized spacial score (nSPS) is 22.1. The highest BCUT2D eigenvalue weighted by Crippen LogP contribution is 2.30. The fourth-order valence-corrected chi connectivity index (χ4v) is 2.24. The van der Waals surface area contributed by atoms with Gasteiger partial charge in [-0.15, -0.1) is 0 Å². The van der Waals surface area contributed by atoms with Crippen LogP contribution in [-0.2, 0) is 15.1 Å². The Hall–Kier alpha value is -2.08. The van der Waals surface area contributed by atoms with Crippen molar-refractivity contribution in [2.75, 3.05) is 6.54 Å². The second kappa shape index (κ2) is 4.79. The molecule has 1 aromatic rings. The zero-order chi connectivity index (χ0) is 15.1. The van der Waals surface area contributed by atoms with Gasteiger partial charge in [-0.05, 0) is 31.0 Å². The van der Waals surface area contributed by atoms with Crippen molar-refractivity contribution in [1.29, 1.82) is 0 Å². The number of nitrogens with one attached hydrogen (secondary N) is 1. The van der Waals surface area contributed by atoms with Crippen LogP contribution in [0.15, 0.2) is 18.2 Å². The number of nitrogens with zero attached hydrogens (tertiary/aromatic N) is 1. The quantitative estimate of drug-likeness (QED) is 0.828. The fourth-order valence-electron chi connectivity index (χ4n) is 2.13. The van der Waals surface area contributed by atoms with Crippen molar-refractivity contribution < 1.29 is 19.5 Å². The van der Waals surface area contributed by atoms with Gasteiger partial charge in [-0.2, -0.15) is 0 Å². The average Bonchev–Trinajstić information content (AvgIpc) is 2.57. The maximum absolute atomic E-state index is 12.3. The van der Waals surface area contributed by atoms with Gasteiger partial charge in [-0.25, -0.2) is 4.79 Å². The van der Waals surface area contributed by atoms with E-state index < -0.39 is 30.0 Å². The fraction of sp³-hybridized carbons (Fsp3) is 0.308. The summed E-state index contributed by atoms with van der Waals surface area (Å²) in [5, 5.41) is 11.8. The zero-order valence-electron chi connectivity index (χ0n) is 10.9. The first-order valence-corrected chi connectivity index (χ1v) is 6.26. The number of rotatable bonds is 3. The van der Waals surface area contributed by atoms with E-state index in [1.165, 1.54) is 6.92 Å². The predicted octanol–water partition coefficient (Wildman–Crippen LogP) is 1.50. The van der Waals surface area contributed by atoms with Gasteiger partial charge in [0, 0.05) is 5.02 Å². The third kappa shape index (κ3) is 2.22. The molecule has 0 bridgehead atoms. The van der Waals surface area contributed by atoms with Crippen LogP contribution in [0.1, 0.15) is 18.1 Å². The van der Waals surface area contributed by atoms with E-state index in [0.29, 0.717) is 15.5 Å². The van der Waals surface area contributed by atoms with Crippen molar-refractivity contribution >= 4 is 29.5 Å². The molecule has 1 aromatic carbocycles. The van der Waals surface area contributed by atoms with Crippen molar-refractivity contribution in [3.63, 3.8) is 0 Å². The predicted molar refractivity (Wildman–Crippen MR) is 71.4 cm³/mol. The summed E-state index contributed by atoms with van der Waals surface area (Å²) in [4.78, 5) is 35.5. The lowest BCUT2D eigenvalue weighted by Crippen LogP contribution is -2.41. The minimum Gasteiger partial charge on any atom is -0.480 e. The van der Waals surface area contributed by atoms with Crippen molar-refractivity contribution in [3.8, 4) is 0 Å². The van der Waals surface area contributed by atoms with E-state index in [-0.39, 0.29) is 0 Å². The minimum atomic E-state index is -1.28. The van der Waals surface area contributed by atoms with Gasteiger partial charge < -0.3 is 10.4 Å². The molecule has 0 aromatic heterocycles. The molecule has 1 unspecified atom stereocenters. The molecule has 2 rings (SSSR count). The van der Waals surface area contributed by atoms with Crippen LogP contribution in [0.25, 0.3) is 0 Å². The number of carbonyl (C=O) groups is 3. The molecule has 1 saturated heterocycles. The maximum atomic E-state index is 12.3. The summed E-state index contributed by atoms with van der Waals surface area (Å²) >= 11 is 5.93. The highest BCUT2D eigenvalue weighted by molar-refractivity contribution is 6.31. The molecule has 1 aliphatic heterocycles. The van der Waals surface area contributed by atoms with E-state index >= 15 is 0 Å². The monoisotopic (exact) mass is 296 g/mol. The maximum Gasteiger partial charge on any atom is 0.325 e. The molecular formula is C13H13ClN2O4. The zero-order valence-corrected chi connectivity index (χ0v) is 11.7. The van der Waals surface area contributed by atoms with Crippen LogP contribution in [0, 0.1) is 6.92 Å². The molecular weight excluding hydrogens is 284 g/mol. The van der Waals surface area contributed by atoms with Gasteiger partial charge in [0.25, 0.3) is 5.91 Å². The number of carboxylic acid groups (broad SMARTS) is 1. The second-order valence-corrected chi connectivity index (χ2v) is 5.21. The first-order chi connectivity index (χ1) is 9.25. The van der Waals surface area contributed by atoms with Gasteiger partial charge in [0.2, 0.25) is 0 Å². The SMILES string of the molecule is Cc1cc(C2(C)NC(=O)N(CC(=O)O)C2=O)ccc1Cl. The number of urea groups is 1. The Morgan fingerprint density at radius 2 is 2.10 bits per heavy atom. The largest absolute Gasteiger partial charge is 0.480 e. The molecule has 0 spiro atoms. The first kappa shape index (κ1) is 14.3. The van der Waals surface area contributed by atoms with E-state index in [1.807, 2.05) is 0 Å². The Bertz CT molecular complexity index is 616. The smallest absolute Gasteiger partial charge is 0.325 e. The molecule has 0 radical (unpaired) electrons. The van der Waals surface area contributed by atoms with Gasteiger partial charge in [0.05, 0.1) is 0 Å². The number of benzene rings is 1. The molecule has 2 N–H and O–H groups in total. The Morgan fingerprint density at radius 1 is 1.45 bits per heavy atom. The van der Waals surface area contributed by atoms with Crippen LogP contribution in [0.5, 0.6) is 0 Å². The number of carbonyl (C=O) groups excluding carboxylic acids is 2. The molecule has 6 nitrogen and oxygen atoms in total. The van der Waals surface area contributed by atoms with Gasteiger partial charge >= 0.3 is 12.0 Å². The third-order valence-corrected chi connectivity index (χ3v) is 3.73. The summed E-state index contributed by atoms with van der Waals surface area (Å²) in [7, 11) is 0. The summed E-state index contributed by atoms with van der Waals surface area (Å²) in [6, 6.07) is 4.26. The van der Waals surface area contributed by atoms with Crippen molar-refractivity contribution in [2.24, 2.45) is 0 Å². The van der Waals surface area contributed by atoms with Gasteiger partial charge in [-0.1, -0.05) is 23.7 Å². The van der Waals surface area contributed by atoms with Crippen LogP contribution in [0.4, 0.5) is 4.79 Å². The van der Waals surface area contributed by atoms with Crippen LogP contribution in [0.2, 0.25) is 5.02 Å². The van der Waals surface area contributed by atoms with Crippen LogP contribution in [-0.4, -0.2) is 34.5 Å². The molecule has 1 aliphatic rings. The van der Waals surface area contributed by atoms with E-state index in [0.717, 1.165) is 5.56 Å². The number of aryl methyl sites for hydroxylation is 1. The average molecular weight is 297 g/mol. The Morgan fingerprint density at radius 3 is 2.65 bits per heavy atom. The highest BCUT2D eigenvalue weighted by Gasteiger charge is 2.49. The third-order valence-electron chi connectivity index (χ3n) is 3.30. The Labute approximate surface area is 120 Å². The van der Waals surface area contributed by atoms with E-state index in [9.17, 15) is 14.4 Å². The van der Waals surface area contributed by atoms with Gasteiger partial charge in [-0.3, -0.25) is 14.5 Å². The van der Waals surface area contributed by atoms with Gasteiger partial charge in [0.15, 0.2) is 0 Å². The van der Waals surface area contributed by atoms with Crippen molar-refractivity contribution in [2.45, 2.75) is 19.4 Å². The van der Waals surface area contributed by atoms with E-state index in [2.05, 4.69) is 5.32 Å². The lowest BCUT2D eigenvalue weighted by molar-refractivity contribution is -0.142. The molecule has 0 aliphatic carbocycles. The minimum absolute atomic E-state index is 0.552. The molecule has 1 heterocycles. The number of carboxylic acids is 1. The molecule has 106 valence electrons. The van der Waals surface area contributed by atoms with Crippen LogP contribution in [0.3, 0.4) is 0 Å². The summed E-state index contributed by atoms with van der Waals surface area (Å²) in [6.07, 6.45) is 0. The molecule has 20 heavy (non-hydrogen) atoms. The summed E-state index contributed by atoms with van der Waals surface area (Å²) in [5.74, 6) is -1.84. The topological polar surface area (TPSA) is 86.7 Å². The number of halogens is 1. The first-order valence-electron chi connectivity index (χ1n) is 5.88. The number of aliphatic carboxylic acids is 1. The molecule has 0 saturated carbocycles. The second-order valence-electron chi connectivity index (χ2n) is 4.80. The lowest BCUT2D eigenvalue weighted by atomic mass is 9.91. The van der Waals surface area contributed by atoms with Crippen molar-refractivity contribution in [3.05, 3.63) is 34.3 Å². The van der Waals surface area contributed by atoms with E-state index in [1.54, 1.807) is 25.1 Å². The molecule has 1 atom stereocenters. The number of amides is 3. The summed E-state index contributed by atoms with van der Waals surface area (Å²) in [6.45, 7) is 2.66. The van der Waals surface area contributed by atoms with Crippen LogP contribution < -0.4 is 5.32 Å². The van der Waals surface area contributed by atoms with E-state index in [4.69, 9.17) is 16.7 Å². The summed E-state index contributed by atoms with van der Waals surface area (Å²) < 4.78 is 0. The number of hydrogen-bond donors (Lipinski definition) is 2. The Kier molecular flexibility index (Phi) is 3.43. The number of hydrogen-bond acceptors (Lipinski definition) is 3. The van der Waals surface area contributed by atoms with Gasteiger partial charge in [0.1, 0.15) is 12.1 Å². The summed E-state index contributed by atoms with van der Waals surface area (Å²) in [5.41, 5.74) is 0.0526. The lowest BCUT2D eigenvalue weighted by Gasteiger charge is -2.22. The Balaban J connectivity index is 2.40. The standard InChI is InChI=1S/C13H13ClN2O4/c1-7-5-8(3-4-9(7)14)13(2)11(19)16(6-10(17)18)12(20)15-13/h3-5H,6H2,1-2H3,(H,15,20)(H,17,18). The molecule has 1 fully saturated rings. The highest BCUT2D eigenvalue weighted by atomic mass is 35.5. The van der Waals surface area contributed by atoms with Crippen molar-refractivity contribution in [1.82, 2.24) is 10.2 Å². The number of imide groups is 1. The van der Waals surface area contributed by atoms with Crippen LogP contribution >= 0.6 is 11.6 Å². The molecule has 7 heteroatoms. The molecule has 3 amide bonds.